The minimum absolute atomic E-state index is 0.138. The second kappa shape index (κ2) is 3.72. The zero-order valence-corrected chi connectivity index (χ0v) is 7.00. The van der Waals surface area contributed by atoms with Gasteiger partial charge >= 0.3 is 5.97 Å². The minimum Gasteiger partial charge on any atom is -0.464 e. The largest absolute Gasteiger partial charge is 0.464 e. The Morgan fingerprint density at radius 1 is 1.55 bits per heavy atom. The molecular formula is C8H14O3. The van der Waals surface area contributed by atoms with Crippen molar-refractivity contribution in [2.75, 3.05) is 6.61 Å². The van der Waals surface area contributed by atoms with Gasteiger partial charge in [0.2, 0.25) is 0 Å². The van der Waals surface area contributed by atoms with E-state index in [2.05, 4.69) is 6.92 Å². The lowest BCUT2D eigenvalue weighted by molar-refractivity contribution is -0.144. The highest BCUT2D eigenvalue weighted by Crippen LogP contribution is 2.27. The van der Waals surface area contributed by atoms with Crippen LogP contribution in [0.15, 0.2) is 0 Å². The summed E-state index contributed by atoms with van der Waals surface area (Å²) >= 11 is 0. The van der Waals surface area contributed by atoms with Crippen molar-refractivity contribution in [2.45, 2.75) is 38.9 Å². The Labute approximate surface area is 66.7 Å². The summed E-state index contributed by atoms with van der Waals surface area (Å²) < 4.78 is 9.88. The SMILES string of the molecule is CCC[C@H]1O[C@H]1C(=O)OCC. The smallest absolute Gasteiger partial charge is 0.337 e. The molecule has 1 saturated heterocycles. The molecule has 3 nitrogen and oxygen atoms in total. The van der Waals surface area contributed by atoms with Crippen molar-refractivity contribution in [1.82, 2.24) is 0 Å². The van der Waals surface area contributed by atoms with Crippen molar-refractivity contribution >= 4 is 5.97 Å². The molecule has 1 fully saturated rings. The van der Waals surface area contributed by atoms with Crippen LogP contribution in [0.25, 0.3) is 0 Å². The van der Waals surface area contributed by atoms with Crippen LogP contribution < -0.4 is 0 Å². The first-order chi connectivity index (χ1) is 5.29. The van der Waals surface area contributed by atoms with E-state index in [1.165, 1.54) is 0 Å². The number of epoxide rings is 1. The van der Waals surface area contributed by atoms with Gasteiger partial charge in [-0.1, -0.05) is 13.3 Å². The van der Waals surface area contributed by atoms with Crippen molar-refractivity contribution in [1.29, 1.82) is 0 Å². The molecule has 11 heavy (non-hydrogen) atoms. The molecule has 0 bridgehead atoms. The molecule has 0 radical (unpaired) electrons. The number of hydrogen-bond acceptors (Lipinski definition) is 3. The van der Waals surface area contributed by atoms with E-state index in [9.17, 15) is 4.79 Å². The summed E-state index contributed by atoms with van der Waals surface area (Å²) in [6, 6.07) is 0. The zero-order valence-electron chi connectivity index (χ0n) is 7.00. The normalized spacial score (nSPS) is 28.2. The van der Waals surface area contributed by atoms with Crippen LogP contribution in [0.4, 0.5) is 0 Å². The Hall–Kier alpha value is -0.570. The van der Waals surface area contributed by atoms with Crippen LogP contribution in [0.5, 0.6) is 0 Å². The van der Waals surface area contributed by atoms with E-state index in [0.29, 0.717) is 6.61 Å². The number of rotatable bonds is 4. The van der Waals surface area contributed by atoms with E-state index in [-0.39, 0.29) is 18.2 Å². The van der Waals surface area contributed by atoms with E-state index >= 15 is 0 Å². The Bertz CT molecular complexity index is 144. The monoisotopic (exact) mass is 158 g/mol. The Morgan fingerprint density at radius 3 is 2.82 bits per heavy atom. The highest BCUT2D eigenvalue weighted by molar-refractivity contribution is 5.77. The third-order valence-corrected chi connectivity index (χ3v) is 1.67. The molecule has 0 saturated carbocycles. The molecule has 1 rings (SSSR count). The third-order valence-electron chi connectivity index (χ3n) is 1.67. The van der Waals surface area contributed by atoms with Crippen LogP contribution >= 0.6 is 0 Å². The summed E-state index contributed by atoms with van der Waals surface area (Å²) in [5, 5.41) is 0. The summed E-state index contributed by atoms with van der Waals surface area (Å²) in [5.74, 6) is -0.203. The maximum atomic E-state index is 10.9. The molecule has 1 aliphatic heterocycles. The average molecular weight is 158 g/mol. The predicted molar refractivity (Wildman–Crippen MR) is 40.2 cm³/mol. The molecule has 64 valence electrons. The van der Waals surface area contributed by atoms with Gasteiger partial charge in [-0.05, 0) is 13.3 Å². The highest BCUT2D eigenvalue weighted by atomic mass is 16.6. The topological polar surface area (TPSA) is 38.8 Å². The van der Waals surface area contributed by atoms with Crippen LogP contribution in [-0.4, -0.2) is 24.8 Å². The van der Waals surface area contributed by atoms with Crippen LogP contribution in [0.2, 0.25) is 0 Å². The molecule has 0 aromatic heterocycles. The first kappa shape index (κ1) is 8.53. The Morgan fingerprint density at radius 2 is 2.27 bits per heavy atom. The quantitative estimate of drug-likeness (QED) is 0.454. The molecule has 0 spiro atoms. The second-order valence-corrected chi connectivity index (χ2v) is 2.64. The van der Waals surface area contributed by atoms with Gasteiger partial charge in [-0.3, -0.25) is 0 Å². The third kappa shape index (κ3) is 2.19. The van der Waals surface area contributed by atoms with Crippen molar-refractivity contribution in [3.63, 3.8) is 0 Å². The number of carbonyl (C=O) groups is 1. The van der Waals surface area contributed by atoms with Gasteiger partial charge in [0.05, 0.1) is 12.7 Å². The van der Waals surface area contributed by atoms with E-state index in [0.717, 1.165) is 12.8 Å². The molecule has 2 atom stereocenters. The second-order valence-electron chi connectivity index (χ2n) is 2.64. The van der Waals surface area contributed by atoms with Gasteiger partial charge in [0.15, 0.2) is 6.10 Å². The average Bonchev–Trinajstić information content (AvgIpc) is 2.69. The van der Waals surface area contributed by atoms with Gasteiger partial charge in [0.1, 0.15) is 0 Å². The van der Waals surface area contributed by atoms with Gasteiger partial charge in [0, 0.05) is 0 Å². The standard InChI is InChI=1S/C8H14O3/c1-3-5-6-7(11-6)8(9)10-4-2/h6-7H,3-5H2,1-2H3/t6-,7-/m1/s1. The fourth-order valence-corrected chi connectivity index (χ4v) is 1.08. The van der Waals surface area contributed by atoms with E-state index in [4.69, 9.17) is 9.47 Å². The molecule has 1 aliphatic rings. The van der Waals surface area contributed by atoms with Gasteiger partial charge in [-0.15, -0.1) is 0 Å². The summed E-state index contributed by atoms with van der Waals surface area (Å²) in [5.41, 5.74) is 0. The predicted octanol–water partition coefficient (Wildman–Crippen LogP) is 1.12. The molecular weight excluding hydrogens is 144 g/mol. The first-order valence-electron chi connectivity index (χ1n) is 4.11. The number of esters is 1. The molecule has 1 heterocycles. The molecule has 0 aromatic rings. The van der Waals surface area contributed by atoms with E-state index in [1.54, 1.807) is 6.92 Å². The summed E-state index contributed by atoms with van der Waals surface area (Å²) in [6.07, 6.45) is 1.90. The van der Waals surface area contributed by atoms with Crippen LogP contribution in [0, 0.1) is 0 Å². The fourth-order valence-electron chi connectivity index (χ4n) is 1.08. The molecule has 0 N–H and O–H groups in total. The maximum absolute atomic E-state index is 10.9. The van der Waals surface area contributed by atoms with Crippen molar-refractivity contribution in [3.8, 4) is 0 Å². The lowest BCUT2D eigenvalue weighted by Crippen LogP contribution is -2.13. The summed E-state index contributed by atoms with van der Waals surface area (Å²) in [6.45, 7) is 4.32. The fraction of sp³-hybridized carbons (Fsp3) is 0.875. The minimum atomic E-state index is -0.255. The van der Waals surface area contributed by atoms with Crippen molar-refractivity contribution in [3.05, 3.63) is 0 Å². The highest BCUT2D eigenvalue weighted by Gasteiger charge is 2.45. The summed E-state index contributed by atoms with van der Waals surface area (Å²) in [4.78, 5) is 10.9. The molecule has 3 heteroatoms. The van der Waals surface area contributed by atoms with Gasteiger partial charge in [-0.2, -0.15) is 0 Å². The van der Waals surface area contributed by atoms with Gasteiger partial charge in [-0.25, -0.2) is 4.79 Å². The maximum Gasteiger partial charge on any atom is 0.337 e. The number of hydrogen-bond donors (Lipinski definition) is 0. The van der Waals surface area contributed by atoms with Crippen molar-refractivity contribution in [2.24, 2.45) is 0 Å². The first-order valence-corrected chi connectivity index (χ1v) is 4.11. The molecule has 0 amide bonds. The van der Waals surface area contributed by atoms with Crippen LogP contribution in [-0.2, 0) is 14.3 Å². The molecule has 0 aliphatic carbocycles. The molecule has 0 aromatic carbocycles. The summed E-state index contributed by atoms with van der Waals surface area (Å²) in [7, 11) is 0. The van der Waals surface area contributed by atoms with E-state index in [1.807, 2.05) is 0 Å². The molecule has 0 unspecified atom stereocenters. The zero-order chi connectivity index (χ0) is 8.27. The van der Waals surface area contributed by atoms with Crippen LogP contribution in [0.1, 0.15) is 26.7 Å². The Kier molecular flexibility index (Phi) is 2.88. The van der Waals surface area contributed by atoms with Gasteiger partial charge < -0.3 is 9.47 Å². The van der Waals surface area contributed by atoms with Crippen molar-refractivity contribution < 1.29 is 14.3 Å². The number of ether oxygens (including phenoxy) is 2. The lowest BCUT2D eigenvalue weighted by Gasteiger charge is -1.95. The Balaban J connectivity index is 2.15. The number of carbonyl (C=O) groups excluding carboxylic acids is 1. The van der Waals surface area contributed by atoms with Gasteiger partial charge in [0.25, 0.3) is 0 Å². The van der Waals surface area contributed by atoms with E-state index < -0.39 is 0 Å². The lowest BCUT2D eigenvalue weighted by atomic mass is 10.2. The van der Waals surface area contributed by atoms with Crippen LogP contribution in [0.3, 0.4) is 0 Å².